The molecule has 268 valence electrons. The molecule has 2 fully saturated rings. The Morgan fingerprint density at radius 3 is 2.84 bits per heavy atom. The first-order valence-corrected chi connectivity index (χ1v) is 18.7. The van der Waals surface area contributed by atoms with Gasteiger partial charge in [-0.25, -0.2) is 0 Å². The number of aliphatic hydroxyl groups is 3. The Balaban J connectivity index is 1.04. The summed E-state index contributed by atoms with van der Waals surface area (Å²) in [5, 5.41) is 45.2. The van der Waals surface area contributed by atoms with Crippen LogP contribution in [0.25, 0.3) is 0 Å². The zero-order valence-electron chi connectivity index (χ0n) is 29.2. The zero-order valence-corrected chi connectivity index (χ0v) is 29.2. The predicted octanol–water partition coefficient (Wildman–Crippen LogP) is 5.09. The van der Waals surface area contributed by atoms with E-state index in [2.05, 4.69) is 23.5 Å². The lowest BCUT2D eigenvalue weighted by atomic mass is 9.64. The van der Waals surface area contributed by atoms with Gasteiger partial charge in [-0.2, -0.15) is 12.0 Å². The van der Waals surface area contributed by atoms with E-state index in [0.29, 0.717) is 37.1 Å². The average molecular weight is 676 g/mol. The highest BCUT2D eigenvalue weighted by Crippen LogP contribution is 2.60. The van der Waals surface area contributed by atoms with Gasteiger partial charge in [0.25, 0.3) is 0 Å². The van der Waals surface area contributed by atoms with Crippen LogP contribution < -0.4 is 15.8 Å². The van der Waals surface area contributed by atoms with Crippen molar-refractivity contribution >= 4 is 5.71 Å². The number of nitrogens with zero attached hydrogens (tertiary/aromatic N) is 1. The number of aromatic hydroxyl groups is 1. The molecular weight excluding hydrogens is 618 g/mol. The van der Waals surface area contributed by atoms with Gasteiger partial charge in [-0.1, -0.05) is 62.5 Å². The maximum Gasteiger partial charge on any atom is 0.196 e. The molecule has 1 aromatic rings. The fourth-order valence-electron chi connectivity index (χ4n) is 8.86. The van der Waals surface area contributed by atoms with Crippen LogP contribution in [0.3, 0.4) is 0 Å². The molecule has 9 heteroatoms. The van der Waals surface area contributed by atoms with Gasteiger partial charge in [-0.05, 0) is 75.6 Å². The van der Waals surface area contributed by atoms with Crippen LogP contribution in [0.4, 0.5) is 0 Å². The minimum absolute atomic E-state index is 0.00136. The van der Waals surface area contributed by atoms with Crippen molar-refractivity contribution in [2.24, 2.45) is 33.9 Å². The SMILES string of the molecule is CC(O)CNCC1C2=C[C+](C(O)COc3cc(CCC4=C[C-](CO)C(CCCCCCCN)O4)ccc3O)N=C2C2C=CC13CCCC3C2. The van der Waals surface area contributed by atoms with Crippen LogP contribution in [-0.2, 0) is 11.2 Å². The van der Waals surface area contributed by atoms with E-state index < -0.39 is 12.2 Å². The molecule has 0 amide bonds. The third kappa shape index (κ3) is 8.18. The summed E-state index contributed by atoms with van der Waals surface area (Å²) in [7, 11) is 0. The fourth-order valence-corrected chi connectivity index (χ4v) is 8.86. The van der Waals surface area contributed by atoms with Crippen molar-refractivity contribution < 1.29 is 29.9 Å². The van der Waals surface area contributed by atoms with Crippen LogP contribution in [0.5, 0.6) is 11.5 Å². The smallest absolute Gasteiger partial charge is 0.196 e. The number of phenolic OH excluding ortho intramolecular Hbond substituents is 1. The summed E-state index contributed by atoms with van der Waals surface area (Å²) in [5.41, 5.74) is 8.96. The van der Waals surface area contributed by atoms with E-state index in [1.807, 2.05) is 18.2 Å². The van der Waals surface area contributed by atoms with Gasteiger partial charge in [0.1, 0.15) is 12.2 Å². The second-order valence-corrected chi connectivity index (χ2v) is 14.9. The summed E-state index contributed by atoms with van der Waals surface area (Å²) < 4.78 is 12.2. The van der Waals surface area contributed by atoms with Crippen LogP contribution in [0.2, 0.25) is 0 Å². The number of hydrogen-bond acceptors (Lipinski definition) is 9. The molecule has 7 rings (SSSR count). The number of aliphatic imine (C=N–C) groups is 1. The summed E-state index contributed by atoms with van der Waals surface area (Å²) in [5.74, 6) is 3.29. The van der Waals surface area contributed by atoms with E-state index in [4.69, 9.17) is 20.2 Å². The van der Waals surface area contributed by atoms with Gasteiger partial charge < -0.3 is 41.0 Å². The highest BCUT2D eigenvalue weighted by atomic mass is 16.5. The van der Waals surface area contributed by atoms with E-state index in [0.717, 1.165) is 81.0 Å². The van der Waals surface area contributed by atoms with Crippen LogP contribution in [0.1, 0.15) is 83.1 Å². The molecule has 4 aliphatic carbocycles. The lowest BCUT2D eigenvalue weighted by molar-refractivity contribution is 0.119. The van der Waals surface area contributed by atoms with Crippen molar-refractivity contribution in [3.05, 3.63) is 71.4 Å². The molecular formula is C40H57N3O6. The molecule has 1 aromatic carbocycles. The lowest BCUT2D eigenvalue weighted by Gasteiger charge is -2.39. The van der Waals surface area contributed by atoms with Gasteiger partial charge in [0, 0.05) is 31.2 Å². The number of aryl methyl sites for hydroxylation is 1. The Morgan fingerprint density at radius 2 is 2.02 bits per heavy atom. The van der Waals surface area contributed by atoms with E-state index >= 15 is 0 Å². The molecule has 2 aliphatic heterocycles. The van der Waals surface area contributed by atoms with Gasteiger partial charge in [-0.3, -0.25) is 0 Å². The molecule has 0 saturated heterocycles. The standard InChI is InChI=1S/C40H57N3O6/c1-26(45)22-42-23-33-32-21-34(43-39(32)28-14-16-40(33)15-7-8-30(40)19-28)36(47)25-48-38-18-27(11-13-35(38)46)10-12-31-20-29(24-44)37(49-31)9-5-3-2-4-6-17-41/h11,13-14,16,18,20-21,26,28,30,33,36-37,42,44-47H,2-10,12,15,17,19,22-25,41H2,1H3. The van der Waals surface area contributed by atoms with Crippen LogP contribution in [-0.4, -0.2) is 77.3 Å². The molecule has 49 heavy (non-hydrogen) atoms. The number of phenols is 1. The highest BCUT2D eigenvalue weighted by molar-refractivity contribution is 6.07. The quantitative estimate of drug-likeness (QED) is 0.0675. The number of nitrogens with two attached hydrogens (primary N) is 1. The van der Waals surface area contributed by atoms with Gasteiger partial charge in [-0.15, -0.1) is 4.99 Å². The molecule has 7 N–H and O–H groups in total. The van der Waals surface area contributed by atoms with E-state index in [9.17, 15) is 20.4 Å². The first-order valence-electron chi connectivity index (χ1n) is 18.7. The van der Waals surface area contributed by atoms with Crippen LogP contribution in [0.15, 0.2) is 58.8 Å². The molecule has 6 aliphatic rings. The summed E-state index contributed by atoms with van der Waals surface area (Å²) in [4.78, 5) is 5.02. The lowest BCUT2D eigenvalue weighted by Crippen LogP contribution is -2.41. The first-order chi connectivity index (χ1) is 23.8. The van der Waals surface area contributed by atoms with Gasteiger partial charge in [0.15, 0.2) is 29.4 Å². The molecule has 9 nitrogen and oxygen atoms in total. The molecule has 2 saturated carbocycles. The van der Waals surface area contributed by atoms with Gasteiger partial charge >= 0.3 is 0 Å². The Kier molecular flexibility index (Phi) is 12.0. The maximum atomic E-state index is 11.3. The van der Waals surface area contributed by atoms with Crippen molar-refractivity contribution in [1.82, 2.24) is 5.32 Å². The average Bonchev–Trinajstić information content (AvgIpc) is 3.81. The second-order valence-electron chi connectivity index (χ2n) is 14.9. The Hall–Kier alpha value is -2.95. The summed E-state index contributed by atoms with van der Waals surface area (Å²) >= 11 is 0. The third-order valence-corrected chi connectivity index (χ3v) is 11.4. The first kappa shape index (κ1) is 35.9. The van der Waals surface area contributed by atoms with Crippen molar-refractivity contribution in [1.29, 1.82) is 0 Å². The van der Waals surface area contributed by atoms with E-state index in [-0.39, 0.29) is 42.3 Å². The number of aliphatic hydroxyl groups excluding tert-OH is 3. The Morgan fingerprint density at radius 1 is 1.18 bits per heavy atom. The molecule has 0 radical (unpaired) electrons. The second kappa shape index (κ2) is 16.4. The number of nitrogens with one attached hydrogen (secondary N) is 1. The monoisotopic (exact) mass is 675 g/mol. The molecule has 7 unspecified atom stereocenters. The predicted molar refractivity (Wildman–Crippen MR) is 192 cm³/mol. The summed E-state index contributed by atoms with van der Waals surface area (Å²) in [6.45, 7) is 3.84. The maximum absolute atomic E-state index is 11.3. The van der Waals surface area contributed by atoms with Crippen LogP contribution >= 0.6 is 0 Å². The minimum Gasteiger partial charge on any atom is -0.592 e. The van der Waals surface area contributed by atoms with Gasteiger partial charge in [0.05, 0.1) is 24.0 Å². The summed E-state index contributed by atoms with van der Waals surface area (Å²) in [6, 6.07) is 5.95. The zero-order chi connectivity index (χ0) is 34.4. The highest BCUT2D eigenvalue weighted by Gasteiger charge is 2.59. The van der Waals surface area contributed by atoms with E-state index in [1.165, 1.54) is 24.8 Å². The van der Waals surface area contributed by atoms with Crippen LogP contribution in [0, 0.1) is 35.1 Å². The molecule has 2 heterocycles. The van der Waals surface area contributed by atoms with Crippen molar-refractivity contribution in [3.63, 3.8) is 0 Å². The Bertz CT molecular complexity index is 1390. The van der Waals surface area contributed by atoms with E-state index in [1.54, 1.807) is 13.0 Å². The van der Waals surface area contributed by atoms with Crippen molar-refractivity contribution in [3.8, 4) is 11.5 Å². The minimum atomic E-state index is -0.942. The number of ether oxygens (including phenoxy) is 2. The Labute approximate surface area is 292 Å². The topological polar surface area (TPSA) is 150 Å². The molecule has 0 aromatic heterocycles. The fraction of sp³-hybridized carbons (Fsp3) is 0.625. The summed E-state index contributed by atoms with van der Waals surface area (Å²) in [6.07, 6.45) is 20.1. The number of hydrogen-bond donors (Lipinski definition) is 6. The molecule has 1 spiro atoms. The largest absolute Gasteiger partial charge is 0.592 e. The third-order valence-electron chi connectivity index (χ3n) is 11.4. The number of benzene rings is 1. The molecule has 2 bridgehead atoms. The van der Waals surface area contributed by atoms with Crippen molar-refractivity contribution in [2.75, 3.05) is 32.8 Å². The van der Waals surface area contributed by atoms with Crippen molar-refractivity contribution in [2.45, 2.75) is 102 Å². The number of rotatable bonds is 19. The number of unbranched alkanes of at least 4 members (excludes halogenated alkanes) is 4. The molecule has 7 atom stereocenters. The number of allylic oxidation sites excluding steroid dienone is 3. The normalized spacial score (nSPS) is 28.1. The van der Waals surface area contributed by atoms with Gasteiger partial charge in [0.2, 0.25) is 0 Å².